The zero-order valence-corrected chi connectivity index (χ0v) is 11.2. The lowest BCUT2D eigenvalue weighted by Crippen LogP contribution is -2.43. The highest BCUT2D eigenvalue weighted by Gasteiger charge is 2.17. The summed E-state index contributed by atoms with van der Waals surface area (Å²) in [6, 6.07) is 3.10. The standard InChI is InChI=1S/C13H19N3O3/c1-9-5-10(13(17)18)6-12(15-9)14-7-11-8-16(2)3-4-19-11/h5-6,11H,3-4,7-8H2,1-2H3,(H,14,15)(H,17,18). The molecule has 0 spiro atoms. The summed E-state index contributed by atoms with van der Waals surface area (Å²) in [5.74, 6) is -0.364. The Labute approximate surface area is 112 Å². The van der Waals surface area contributed by atoms with Crippen LogP contribution >= 0.6 is 0 Å². The lowest BCUT2D eigenvalue weighted by Gasteiger charge is -2.30. The van der Waals surface area contributed by atoms with E-state index in [1.807, 2.05) is 0 Å². The van der Waals surface area contributed by atoms with E-state index in [1.54, 1.807) is 19.1 Å². The average Bonchev–Trinajstić information content (AvgIpc) is 2.36. The highest BCUT2D eigenvalue weighted by molar-refractivity contribution is 5.88. The van der Waals surface area contributed by atoms with Crippen LogP contribution in [0.3, 0.4) is 0 Å². The number of likely N-dealkylation sites (N-methyl/N-ethyl adjacent to an activating group) is 1. The fourth-order valence-corrected chi connectivity index (χ4v) is 2.09. The van der Waals surface area contributed by atoms with Crippen LogP contribution in [0.15, 0.2) is 12.1 Å². The van der Waals surface area contributed by atoms with E-state index < -0.39 is 5.97 Å². The number of nitrogens with zero attached hydrogens (tertiary/aromatic N) is 2. The molecule has 2 rings (SSSR count). The number of carbonyl (C=O) groups is 1. The van der Waals surface area contributed by atoms with Gasteiger partial charge >= 0.3 is 5.97 Å². The highest BCUT2D eigenvalue weighted by Crippen LogP contribution is 2.11. The Morgan fingerprint density at radius 3 is 3.11 bits per heavy atom. The van der Waals surface area contributed by atoms with E-state index in [0.717, 1.165) is 19.7 Å². The quantitative estimate of drug-likeness (QED) is 0.840. The third-order valence-corrected chi connectivity index (χ3v) is 3.05. The molecule has 0 amide bonds. The van der Waals surface area contributed by atoms with E-state index in [-0.39, 0.29) is 11.7 Å². The molecule has 6 nitrogen and oxygen atoms in total. The number of aromatic nitrogens is 1. The zero-order chi connectivity index (χ0) is 13.8. The summed E-state index contributed by atoms with van der Waals surface area (Å²) in [4.78, 5) is 17.5. The van der Waals surface area contributed by atoms with Crippen LogP contribution in [-0.4, -0.2) is 60.4 Å². The van der Waals surface area contributed by atoms with Gasteiger partial charge in [-0.3, -0.25) is 0 Å². The van der Waals surface area contributed by atoms with Crippen molar-refractivity contribution >= 4 is 11.8 Å². The van der Waals surface area contributed by atoms with Crippen molar-refractivity contribution in [1.82, 2.24) is 9.88 Å². The Bertz CT molecular complexity index is 464. The van der Waals surface area contributed by atoms with E-state index in [4.69, 9.17) is 9.84 Å². The number of ether oxygens (including phenoxy) is 1. The van der Waals surface area contributed by atoms with Crippen LogP contribution in [0.1, 0.15) is 16.1 Å². The second-order valence-corrected chi connectivity index (χ2v) is 4.82. The number of hydrogen-bond acceptors (Lipinski definition) is 5. The molecule has 6 heteroatoms. The fourth-order valence-electron chi connectivity index (χ4n) is 2.09. The van der Waals surface area contributed by atoms with Gasteiger partial charge in [-0.15, -0.1) is 0 Å². The first-order valence-electron chi connectivity index (χ1n) is 6.30. The SMILES string of the molecule is Cc1cc(C(=O)O)cc(NCC2CN(C)CCO2)n1. The van der Waals surface area contributed by atoms with Gasteiger partial charge in [0.1, 0.15) is 5.82 Å². The Balaban J connectivity index is 1.97. The molecule has 1 aromatic heterocycles. The molecular formula is C13H19N3O3. The number of carboxylic acids is 1. The van der Waals surface area contributed by atoms with Crippen molar-refractivity contribution in [2.45, 2.75) is 13.0 Å². The maximum atomic E-state index is 11.0. The Morgan fingerprint density at radius 2 is 2.42 bits per heavy atom. The molecule has 1 fully saturated rings. The molecule has 1 saturated heterocycles. The van der Waals surface area contributed by atoms with Crippen molar-refractivity contribution in [2.24, 2.45) is 0 Å². The molecule has 1 unspecified atom stereocenters. The first-order valence-corrected chi connectivity index (χ1v) is 6.30. The van der Waals surface area contributed by atoms with Gasteiger partial charge in [0.15, 0.2) is 0 Å². The number of morpholine rings is 1. The normalized spacial score (nSPS) is 20.2. The van der Waals surface area contributed by atoms with Gasteiger partial charge in [0, 0.05) is 25.3 Å². The van der Waals surface area contributed by atoms with Crippen molar-refractivity contribution in [3.63, 3.8) is 0 Å². The number of rotatable bonds is 4. The molecule has 1 aliphatic heterocycles. The number of aromatic carboxylic acids is 1. The van der Waals surface area contributed by atoms with Crippen molar-refractivity contribution in [1.29, 1.82) is 0 Å². The Hall–Kier alpha value is -1.66. The van der Waals surface area contributed by atoms with Gasteiger partial charge in [-0.05, 0) is 26.1 Å². The predicted molar refractivity (Wildman–Crippen MR) is 71.7 cm³/mol. The molecule has 2 N–H and O–H groups in total. The molecule has 0 bridgehead atoms. The molecule has 19 heavy (non-hydrogen) atoms. The summed E-state index contributed by atoms with van der Waals surface area (Å²) in [5.41, 5.74) is 0.931. The minimum Gasteiger partial charge on any atom is -0.478 e. The maximum Gasteiger partial charge on any atom is 0.335 e. The Morgan fingerprint density at radius 1 is 1.63 bits per heavy atom. The lowest BCUT2D eigenvalue weighted by atomic mass is 10.2. The molecule has 0 saturated carbocycles. The van der Waals surface area contributed by atoms with E-state index in [2.05, 4.69) is 22.2 Å². The third kappa shape index (κ3) is 3.90. The van der Waals surface area contributed by atoms with Crippen LogP contribution in [0.4, 0.5) is 5.82 Å². The van der Waals surface area contributed by atoms with Crippen LogP contribution in [-0.2, 0) is 4.74 Å². The number of pyridine rings is 1. The minimum absolute atomic E-state index is 0.106. The van der Waals surface area contributed by atoms with E-state index >= 15 is 0 Å². The second kappa shape index (κ2) is 5.99. The summed E-state index contributed by atoms with van der Waals surface area (Å²) in [6.07, 6.45) is 0.106. The number of aryl methyl sites for hydroxylation is 1. The highest BCUT2D eigenvalue weighted by atomic mass is 16.5. The van der Waals surface area contributed by atoms with Gasteiger partial charge in [0.05, 0.1) is 18.3 Å². The monoisotopic (exact) mass is 265 g/mol. The summed E-state index contributed by atoms with van der Waals surface area (Å²) in [5, 5.41) is 12.1. The summed E-state index contributed by atoms with van der Waals surface area (Å²) >= 11 is 0. The van der Waals surface area contributed by atoms with Gasteiger partial charge in [-0.1, -0.05) is 0 Å². The number of hydrogen-bond donors (Lipinski definition) is 2. The summed E-state index contributed by atoms with van der Waals surface area (Å²) in [6.45, 7) is 4.94. The second-order valence-electron chi connectivity index (χ2n) is 4.82. The zero-order valence-electron chi connectivity index (χ0n) is 11.2. The number of anilines is 1. The van der Waals surface area contributed by atoms with Gasteiger partial charge < -0.3 is 20.1 Å². The largest absolute Gasteiger partial charge is 0.478 e. The van der Waals surface area contributed by atoms with Crippen LogP contribution in [0, 0.1) is 6.92 Å². The van der Waals surface area contributed by atoms with Gasteiger partial charge in [-0.25, -0.2) is 9.78 Å². The number of nitrogens with one attached hydrogen (secondary N) is 1. The first kappa shape index (κ1) is 13.8. The molecular weight excluding hydrogens is 246 g/mol. The van der Waals surface area contributed by atoms with Crippen LogP contribution in [0.25, 0.3) is 0 Å². The first-order chi connectivity index (χ1) is 9.04. The smallest absolute Gasteiger partial charge is 0.335 e. The van der Waals surface area contributed by atoms with E-state index in [1.165, 1.54) is 0 Å². The Kier molecular flexibility index (Phi) is 4.34. The van der Waals surface area contributed by atoms with Crippen molar-refractivity contribution in [3.05, 3.63) is 23.4 Å². The number of carboxylic acid groups (broad SMARTS) is 1. The van der Waals surface area contributed by atoms with E-state index in [9.17, 15) is 4.79 Å². The molecule has 1 atom stereocenters. The van der Waals surface area contributed by atoms with Gasteiger partial charge in [-0.2, -0.15) is 0 Å². The summed E-state index contributed by atoms with van der Waals surface area (Å²) < 4.78 is 5.63. The molecule has 0 radical (unpaired) electrons. The van der Waals surface area contributed by atoms with Gasteiger partial charge in [0.2, 0.25) is 0 Å². The van der Waals surface area contributed by atoms with E-state index in [0.29, 0.717) is 18.1 Å². The van der Waals surface area contributed by atoms with Crippen molar-refractivity contribution in [2.75, 3.05) is 38.6 Å². The molecule has 104 valence electrons. The molecule has 0 aliphatic carbocycles. The van der Waals surface area contributed by atoms with Gasteiger partial charge in [0.25, 0.3) is 0 Å². The van der Waals surface area contributed by atoms with Crippen molar-refractivity contribution in [3.8, 4) is 0 Å². The van der Waals surface area contributed by atoms with Crippen LogP contribution in [0.5, 0.6) is 0 Å². The lowest BCUT2D eigenvalue weighted by molar-refractivity contribution is -0.0117. The van der Waals surface area contributed by atoms with Crippen LogP contribution in [0.2, 0.25) is 0 Å². The molecule has 1 aromatic rings. The third-order valence-electron chi connectivity index (χ3n) is 3.05. The van der Waals surface area contributed by atoms with Crippen LogP contribution < -0.4 is 5.32 Å². The topological polar surface area (TPSA) is 74.7 Å². The minimum atomic E-state index is -0.942. The molecule has 0 aromatic carbocycles. The maximum absolute atomic E-state index is 11.0. The fraction of sp³-hybridized carbons (Fsp3) is 0.538. The molecule has 2 heterocycles. The average molecular weight is 265 g/mol. The summed E-state index contributed by atoms with van der Waals surface area (Å²) in [7, 11) is 2.06. The van der Waals surface area contributed by atoms with Crippen molar-refractivity contribution < 1.29 is 14.6 Å². The predicted octanol–water partition coefficient (Wildman–Crippen LogP) is 0.831. The molecule has 1 aliphatic rings.